The molecule has 0 spiro atoms. The van der Waals surface area contributed by atoms with Gasteiger partial charge in [-0.3, -0.25) is 0 Å². The summed E-state index contributed by atoms with van der Waals surface area (Å²) in [5, 5.41) is 6.13. The highest BCUT2D eigenvalue weighted by atomic mass is 15.1. The fourth-order valence-electron chi connectivity index (χ4n) is 7.92. The Labute approximate surface area is 307 Å². The Kier molecular flexibility index (Phi) is 4.38. The molecule has 8 aromatic carbocycles. The molecule has 11 aromatic rings. The molecule has 0 unspecified atom stereocenters. The van der Waals surface area contributed by atoms with Gasteiger partial charge in [0, 0.05) is 43.7 Å². The highest BCUT2D eigenvalue weighted by Crippen LogP contribution is 2.41. The second kappa shape index (κ2) is 10.8. The van der Waals surface area contributed by atoms with Gasteiger partial charge in [-0.1, -0.05) is 127 Å². The average Bonchev–Trinajstić information content (AvgIpc) is 3.91. The van der Waals surface area contributed by atoms with Gasteiger partial charge < -0.3 is 13.7 Å². The van der Waals surface area contributed by atoms with Gasteiger partial charge >= 0.3 is 0 Å². The fourth-order valence-corrected chi connectivity index (χ4v) is 7.92. The smallest absolute Gasteiger partial charge is 0.0782 e. The van der Waals surface area contributed by atoms with Gasteiger partial charge in [-0.05, 0) is 71.7 Å². The van der Waals surface area contributed by atoms with Crippen molar-refractivity contribution in [1.29, 1.82) is 0 Å². The number of fused-ring (bicyclic) bond motifs is 9. The van der Waals surface area contributed by atoms with Crippen LogP contribution in [0.2, 0.25) is 0 Å². The standard InChI is InChI=1S/C48H31N3/c1-2-14-32(15-3-1)33-16-12-17-34(30-33)49-42-23-8-7-21-39(42)41-31-35(28-29-46(41)49)50-43-24-9-6-20-38(43)40-22-13-27-47(48(40)50)51-44-25-10-4-18-36(44)37-19-5-11-26-45(37)51/h1-31H/i1D,2D,3D,12D,14D,15D,16D,17D,30D. The van der Waals surface area contributed by atoms with Gasteiger partial charge in [0.05, 0.1) is 51.1 Å². The number of para-hydroxylation sites is 5. The summed E-state index contributed by atoms with van der Waals surface area (Å²) in [6, 6.07) is 40.5. The van der Waals surface area contributed by atoms with Gasteiger partial charge in [0.2, 0.25) is 0 Å². The van der Waals surface area contributed by atoms with Crippen molar-refractivity contribution in [1.82, 2.24) is 13.7 Å². The van der Waals surface area contributed by atoms with Crippen LogP contribution < -0.4 is 0 Å². The number of hydrogen-bond acceptors (Lipinski definition) is 0. The van der Waals surface area contributed by atoms with Gasteiger partial charge in [0.25, 0.3) is 0 Å². The lowest BCUT2D eigenvalue weighted by Gasteiger charge is -2.15. The number of benzene rings is 8. The van der Waals surface area contributed by atoms with E-state index in [4.69, 9.17) is 9.60 Å². The largest absolute Gasteiger partial charge is 0.309 e. The van der Waals surface area contributed by atoms with E-state index in [1.165, 1.54) is 0 Å². The molecule has 0 radical (unpaired) electrons. The minimum Gasteiger partial charge on any atom is -0.309 e. The van der Waals surface area contributed by atoms with E-state index in [2.05, 4.69) is 94.1 Å². The maximum Gasteiger partial charge on any atom is 0.0782 e. The molecule has 11 rings (SSSR count). The van der Waals surface area contributed by atoms with Gasteiger partial charge in [-0.15, -0.1) is 0 Å². The predicted octanol–water partition coefficient (Wildman–Crippen LogP) is 12.6. The first-order valence-electron chi connectivity index (χ1n) is 21.3. The molecule has 3 heteroatoms. The lowest BCUT2D eigenvalue weighted by molar-refractivity contribution is 1.13. The average molecular weight is 659 g/mol. The zero-order valence-electron chi connectivity index (χ0n) is 36.0. The van der Waals surface area contributed by atoms with Crippen LogP contribution in [0.1, 0.15) is 12.3 Å². The van der Waals surface area contributed by atoms with E-state index in [9.17, 15) is 2.74 Å². The maximum atomic E-state index is 9.53. The zero-order valence-corrected chi connectivity index (χ0v) is 27.0. The van der Waals surface area contributed by atoms with Crippen LogP contribution in [0.3, 0.4) is 0 Å². The third kappa shape index (κ3) is 4.06. The Morgan fingerprint density at radius 1 is 0.353 bits per heavy atom. The molecule has 0 amide bonds. The Morgan fingerprint density at radius 3 is 1.57 bits per heavy atom. The van der Waals surface area contributed by atoms with Crippen LogP contribution in [-0.2, 0) is 0 Å². The first-order chi connectivity index (χ1) is 29.1. The molecule has 0 fully saturated rings. The minimum atomic E-state index is -0.608. The van der Waals surface area contributed by atoms with E-state index in [-0.39, 0.29) is 28.9 Å². The highest BCUT2D eigenvalue weighted by molar-refractivity contribution is 6.16. The Morgan fingerprint density at radius 2 is 0.882 bits per heavy atom. The van der Waals surface area contributed by atoms with Crippen molar-refractivity contribution in [3.63, 3.8) is 0 Å². The van der Waals surface area contributed by atoms with Crippen LogP contribution in [-0.4, -0.2) is 13.7 Å². The van der Waals surface area contributed by atoms with Crippen molar-refractivity contribution >= 4 is 65.4 Å². The molecule has 3 heterocycles. The predicted molar refractivity (Wildman–Crippen MR) is 215 cm³/mol. The second-order valence-electron chi connectivity index (χ2n) is 12.7. The summed E-state index contributed by atoms with van der Waals surface area (Å²) in [5.74, 6) is 0. The van der Waals surface area contributed by atoms with Crippen LogP contribution in [0.25, 0.3) is 93.6 Å². The number of rotatable bonds is 4. The summed E-state index contributed by atoms with van der Waals surface area (Å²) < 4.78 is 85.0. The summed E-state index contributed by atoms with van der Waals surface area (Å²) >= 11 is 0. The van der Waals surface area contributed by atoms with Crippen molar-refractivity contribution in [2.75, 3.05) is 0 Å². The van der Waals surface area contributed by atoms with E-state index in [1.54, 1.807) is 4.57 Å². The van der Waals surface area contributed by atoms with Crippen LogP contribution in [0, 0.1) is 0 Å². The van der Waals surface area contributed by atoms with E-state index in [0.717, 1.165) is 65.8 Å². The zero-order chi connectivity index (χ0) is 41.3. The molecule has 0 aliphatic carbocycles. The molecule has 3 nitrogen and oxygen atoms in total. The van der Waals surface area contributed by atoms with E-state index in [1.807, 2.05) is 48.5 Å². The molecule has 0 atom stereocenters. The summed E-state index contributed by atoms with van der Waals surface area (Å²) in [7, 11) is 0. The van der Waals surface area contributed by atoms with Gasteiger partial charge in [-0.2, -0.15) is 0 Å². The van der Waals surface area contributed by atoms with Crippen LogP contribution in [0.4, 0.5) is 0 Å². The lowest BCUT2D eigenvalue weighted by Crippen LogP contribution is -2.01. The van der Waals surface area contributed by atoms with Gasteiger partial charge in [0.1, 0.15) is 0 Å². The highest BCUT2D eigenvalue weighted by Gasteiger charge is 2.21. The van der Waals surface area contributed by atoms with Gasteiger partial charge in [-0.25, -0.2) is 0 Å². The van der Waals surface area contributed by atoms with Crippen molar-refractivity contribution in [3.05, 3.63) is 188 Å². The quantitative estimate of drug-likeness (QED) is 0.179. The van der Waals surface area contributed by atoms with Crippen molar-refractivity contribution in [2.45, 2.75) is 0 Å². The number of nitrogens with zero attached hydrogens (tertiary/aromatic N) is 3. The van der Waals surface area contributed by atoms with Crippen LogP contribution in [0.15, 0.2) is 188 Å². The number of aromatic nitrogens is 3. The topological polar surface area (TPSA) is 14.8 Å². The van der Waals surface area contributed by atoms with E-state index >= 15 is 0 Å². The maximum absolute atomic E-state index is 9.53. The molecule has 0 aliphatic heterocycles. The molecular formula is C48H31N3. The van der Waals surface area contributed by atoms with E-state index in [0.29, 0.717) is 11.0 Å². The van der Waals surface area contributed by atoms with Crippen LogP contribution in [0.5, 0.6) is 0 Å². The molecular weight excluding hydrogens is 619 g/mol. The molecule has 0 saturated carbocycles. The molecule has 0 aliphatic rings. The summed E-state index contributed by atoms with van der Waals surface area (Å²) in [5.41, 5.74) is 6.71. The lowest BCUT2D eigenvalue weighted by atomic mass is 10.1. The molecule has 51 heavy (non-hydrogen) atoms. The van der Waals surface area contributed by atoms with Crippen LogP contribution >= 0.6 is 0 Å². The summed E-state index contributed by atoms with van der Waals surface area (Å²) in [6.07, 6.45) is 0. The van der Waals surface area contributed by atoms with Gasteiger partial charge in [0.15, 0.2) is 0 Å². The Balaban J connectivity index is 1.22. The van der Waals surface area contributed by atoms with Crippen molar-refractivity contribution in [3.8, 4) is 28.2 Å². The first kappa shape index (κ1) is 20.6. The Bertz CT molecular complexity index is 3590. The monoisotopic (exact) mass is 658 g/mol. The van der Waals surface area contributed by atoms with Crippen molar-refractivity contribution < 1.29 is 12.3 Å². The third-order valence-corrected chi connectivity index (χ3v) is 9.99. The first-order valence-corrected chi connectivity index (χ1v) is 16.8. The summed E-state index contributed by atoms with van der Waals surface area (Å²) in [4.78, 5) is 0. The second-order valence-corrected chi connectivity index (χ2v) is 12.7. The minimum absolute atomic E-state index is 0.0257. The normalized spacial score (nSPS) is 14.4. The molecule has 3 aromatic heterocycles. The number of hydrogen-bond donors (Lipinski definition) is 0. The molecule has 0 N–H and O–H groups in total. The van der Waals surface area contributed by atoms with E-state index < -0.39 is 42.3 Å². The molecule has 0 saturated heterocycles. The fraction of sp³-hybridized carbons (Fsp3) is 0. The summed E-state index contributed by atoms with van der Waals surface area (Å²) in [6.45, 7) is 0. The third-order valence-electron chi connectivity index (χ3n) is 9.99. The molecule has 238 valence electrons. The van der Waals surface area contributed by atoms with Crippen molar-refractivity contribution in [2.24, 2.45) is 0 Å². The SMILES string of the molecule is [2H]c1c([2H])c([2H])c(-c2c([2H])c([2H])c([2H])c(-n3c4ccccc4c4cc(-n5c6ccccc6c6cccc(-n7c8ccccc8c8ccccc87)c65)ccc43)c2[2H])c([2H])c1[2H]. The molecule has 0 bridgehead atoms. The Hall–Kier alpha value is -6.84.